The summed E-state index contributed by atoms with van der Waals surface area (Å²) in [6.45, 7) is 2.13. The van der Waals surface area contributed by atoms with Gasteiger partial charge >= 0.3 is 5.97 Å². The third kappa shape index (κ3) is 3.32. The number of carboxylic acid groups (broad SMARTS) is 1. The molecule has 1 aromatic rings. The van der Waals surface area contributed by atoms with Crippen molar-refractivity contribution in [2.45, 2.75) is 19.7 Å². The van der Waals surface area contributed by atoms with Gasteiger partial charge in [-0.3, -0.25) is 4.79 Å². The van der Waals surface area contributed by atoms with Gasteiger partial charge in [-0.1, -0.05) is 43.0 Å². The molecule has 68 valence electrons. The molecule has 2 nitrogen and oxygen atoms in total. The molecule has 0 aromatic heterocycles. The maximum atomic E-state index is 10.4. The van der Waals surface area contributed by atoms with Crippen LogP contribution in [0.4, 0.5) is 0 Å². The van der Waals surface area contributed by atoms with E-state index in [4.69, 9.17) is 5.11 Å². The Morgan fingerprint density at radius 2 is 2.00 bits per heavy atom. The first-order chi connectivity index (χ1) is 6.22. The molecule has 13 heavy (non-hydrogen) atoms. The van der Waals surface area contributed by atoms with Crippen molar-refractivity contribution in [1.29, 1.82) is 0 Å². The Morgan fingerprint density at radius 3 is 2.46 bits per heavy atom. The number of benzene rings is 1. The van der Waals surface area contributed by atoms with Gasteiger partial charge in [-0.05, 0) is 5.56 Å². The Kier molecular flexibility index (Phi) is 3.56. The second kappa shape index (κ2) is 4.70. The van der Waals surface area contributed by atoms with Crippen molar-refractivity contribution in [3.63, 3.8) is 0 Å². The summed E-state index contributed by atoms with van der Waals surface area (Å²) >= 11 is 0. The fourth-order valence-electron chi connectivity index (χ4n) is 1.29. The van der Waals surface area contributed by atoms with Gasteiger partial charge in [-0.2, -0.15) is 0 Å². The summed E-state index contributed by atoms with van der Waals surface area (Å²) in [5, 5.41) is 8.54. The monoisotopic (exact) mass is 176 g/mol. The van der Waals surface area contributed by atoms with Crippen LogP contribution in [0, 0.1) is 0 Å². The van der Waals surface area contributed by atoms with E-state index in [2.05, 4.69) is 6.92 Å². The van der Waals surface area contributed by atoms with Crippen LogP contribution < -0.4 is 5.46 Å². The highest BCUT2D eigenvalue weighted by Crippen LogP contribution is 1.98. The molecule has 0 saturated heterocycles. The van der Waals surface area contributed by atoms with Gasteiger partial charge in [-0.25, -0.2) is 0 Å². The molecule has 1 N–H and O–H groups in total. The number of hydrogen-bond donors (Lipinski definition) is 1. The average Bonchev–Trinajstić information content (AvgIpc) is 2.08. The van der Waals surface area contributed by atoms with Crippen LogP contribution in [0.1, 0.15) is 12.5 Å². The van der Waals surface area contributed by atoms with Gasteiger partial charge < -0.3 is 5.11 Å². The van der Waals surface area contributed by atoms with Gasteiger partial charge in [0.05, 0.1) is 6.42 Å². The number of aliphatic carboxylic acids is 1. The van der Waals surface area contributed by atoms with Crippen LogP contribution >= 0.6 is 0 Å². The first-order valence-corrected chi connectivity index (χ1v) is 4.52. The van der Waals surface area contributed by atoms with Crippen LogP contribution in [0.15, 0.2) is 24.3 Å². The minimum absolute atomic E-state index is 0.117. The number of carbonyl (C=O) groups is 1. The number of hydrogen-bond acceptors (Lipinski definition) is 1. The molecule has 0 atom stereocenters. The van der Waals surface area contributed by atoms with E-state index in [0.717, 1.165) is 19.2 Å². The van der Waals surface area contributed by atoms with Crippen LogP contribution in [-0.4, -0.2) is 18.4 Å². The molecule has 0 fully saturated rings. The highest BCUT2D eigenvalue weighted by molar-refractivity contribution is 6.53. The molecule has 0 bridgehead atoms. The van der Waals surface area contributed by atoms with Crippen molar-refractivity contribution < 1.29 is 9.90 Å². The summed E-state index contributed by atoms with van der Waals surface area (Å²) in [6, 6.07) is 7.78. The highest BCUT2D eigenvalue weighted by atomic mass is 16.4. The molecule has 1 rings (SSSR count). The minimum Gasteiger partial charge on any atom is -0.481 e. The second-order valence-electron chi connectivity index (χ2n) is 3.14. The average molecular weight is 176 g/mol. The van der Waals surface area contributed by atoms with E-state index < -0.39 is 5.97 Å². The summed E-state index contributed by atoms with van der Waals surface area (Å²) in [6.07, 6.45) is 1.24. The fraction of sp³-hybridized carbons (Fsp3) is 0.300. The molecule has 0 heterocycles. The van der Waals surface area contributed by atoms with Gasteiger partial charge in [0.15, 0.2) is 7.28 Å². The highest BCUT2D eigenvalue weighted by Gasteiger charge is 1.99. The van der Waals surface area contributed by atoms with Gasteiger partial charge in [0.1, 0.15) is 0 Å². The molecule has 0 aliphatic rings. The normalized spacial score (nSPS) is 9.62. The topological polar surface area (TPSA) is 37.3 Å². The van der Waals surface area contributed by atoms with E-state index in [0.29, 0.717) is 0 Å². The molecule has 3 heteroatoms. The van der Waals surface area contributed by atoms with E-state index in [1.807, 2.05) is 24.3 Å². The van der Waals surface area contributed by atoms with E-state index in [1.54, 1.807) is 0 Å². The Morgan fingerprint density at radius 1 is 1.38 bits per heavy atom. The van der Waals surface area contributed by atoms with Gasteiger partial charge in [0.2, 0.25) is 0 Å². The molecule has 0 aliphatic carbocycles. The Bertz CT molecular complexity index is 279. The lowest BCUT2D eigenvalue weighted by Crippen LogP contribution is -2.12. The number of rotatable bonds is 4. The lowest BCUT2D eigenvalue weighted by Gasteiger charge is -1.99. The summed E-state index contributed by atoms with van der Waals surface area (Å²) in [5.41, 5.74) is 2.14. The van der Waals surface area contributed by atoms with Crippen molar-refractivity contribution in [2.24, 2.45) is 0 Å². The van der Waals surface area contributed by atoms with Gasteiger partial charge in [0, 0.05) is 0 Å². The standard InChI is InChI=1S/C10H13BO2/c1-2-11-9-5-3-8(4-6-9)7-10(12)13/h3-6,11H,2,7H2,1H3,(H,12,13). The molecule has 0 spiro atoms. The van der Waals surface area contributed by atoms with Crippen molar-refractivity contribution in [2.75, 3.05) is 0 Å². The lowest BCUT2D eigenvalue weighted by molar-refractivity contribution is -0.136. The molecular weight excluding hydrogens is 163 g/mol. The summed E-state index contributed by atoms with van der Waals surface area (Å²) in [4.78, 5) is 10.4. The third-order valence-corrected chi connectivity index (χ3v) is 1.92. The smallest absolute Gasteiger partial charge is 0.307 e. The zero-order chi connectivity index (χ0) is 9.68. The van der Waals surface area contributed by atoms with Crippen molar-refractivity contribution in [1.82, 2.24) is 0 Å². The molecule has 1 aromatic carbocycles. The van der Waals surface area contributed by atoms with Gasteiger partial charge in [-0.15, -0.1) is 0 Å². The quantitative estimate of drug-likeness (QED) is 0.689. The summed E-state index contributed by atoms with van der Waals surface area (Å²) in [7, 11) is 1.06. The largest absolute Gasteiger partial charge is 0.481 e. The molecule has 0 radical (unpaired) electrons. The Balaban J connectivity index is 2.64. The van der Waals surface area contributed by atoms with E-state index in [1.165, 1.54) is 5.46 Å². The van der Waals surface area contributed by atoms with Crippen molar-refractivity contribution >= 4 is 18.7 Å². The summed E-state index contributed by atoms with van der Waals surface area (Å²) < 4.78 is 0. The first kappa shape index (κ1) is 9.84. The predicted octanol–water partition coefficient (Wildman–Crippen LogP) is 0.814. The van der Waals surface area contributed by atoms with Gasteiger partial charge in [0.25, 0.3) is 0 Å². The van der Waals surface area contributed by atoms with Crippen LogP contribution in [0.5, 0.6) is 0 Å². The van der Waals surface area contributed by atoms with E-state index in [9.17, 15) is 4.79 Å². The molecule has 0 saturated carbocycles. The number of carboxylic acids is 1. The van der Waals surface area contributed by atoms with Crippen molar-refractivity contribution in [3.05, 3.63) is 29.8 Å². The molecule has 0 aliphatic heterocycles. The fourth-order valence-corrected chi connectivity index (χ4v) is 1.29. The Hall–Kier alpha value is -1.25. The third-order valence-electron chi connectivity index (χ3n) is 1.92. The van der Waals surface area contributed by atoms with Crippen LogP contribution in [0.3, 0.4) is 0 Å². The van der Waals surface area contributed by atoms with Crippen molar-refractivity contribution in [3.8, 4) is 0 Å². The summed E-state index contributed by atoms with van der Waals surface area (Å²) in [5.74, 6) is -0.775. The van der Waals surface area contributed by atoms with Crippen LogP contribution in [0.2, 0.25) is 6.32 Å². The molecular formula is C10H13BO2. The van der Waals surface area contributed by atoms with E-state index >= 15 is 0 Å². The SMILES string of the molecule is CCBc1ccc(CC(=O)O)cc1. The Labute approximate surface area is 78.8 Å². The minimum atomic E-state index is -0.775. The van der Waals surface area contributed by atoms with Crippen LogP contribution in [-0.2, 0) is 11.2 Å². The lowest BCUT2D eigenvalue weighted by atomic mass is 9.68. The maximum absolute atomic E-state index is 10.4. The van der Waals surface area contributed by atoms with Crippen LogP contribution in [0.25, 0.3) is 0 Å². The predicted molar refractivity (Wildman–Crippen MR) is 55.0 cm³/mol. The zero-order valence-corrected chi connectivity index (χ0v) is 7.79. The molecule has 0 unspecified atom stereocenters. The zero-order valence-electron chi connectivity index (χ0n) is 7.79. The maximum Gasteiger partial charge on any atom is 0.307 e. The molecule has 0 amide bonds. The van der Waals surface area contributed by atoms with E-state index in [-0.39, 0.29) is 6.42 Å². The first-order valence-electron chi connectivity index (χ1n) is 4.52. The second-order valence-corrected chi connectivity index (χ2v) is 3.14.